The Labute approximate surface area is 146 Å². The lowest BCUT2D eigenvalue weighted by Gasteiger charge is -2.40. The molecule has 3 aliphatic rings. The van der Waals surface area contributed by atoms with Gasteiger partial charge in [0, 0.05) is 24.2 Å². The SMILES string of the molecule is CC.Fc1ccc2c(c1)C1(CCN(CC3CC=CCC3)CC1)CN2. The quantitative estimate of drug-likeness (QED) is 0.770. The maximum atomic E-state index is 13.6. The van der Waals surface area contributed by atoms with Crippen LogP contribution >= 0.6 is 0 Å². The molecule has 4 rings (SSSR count). The minimum absolute atomic E-state index is 0.0988. The summed E-state index contributed by atoms with van der Waals surface area (Å²) in [4.78, 5) is 2.63. The van der Waals surface area contributed by atoms with E-state index in [1.54, 1.807) is 12.1 Å². The van der Waals surface area contributed by atoms with Gasteiger partial charge in [0.2, 0.25) is 0 Å². The molecule has 1 aromatic carbocycles. The van der Waals surface area contributed by atoms with Crippen molar-refractivity contribution in [3.05, 3.63) is 41.7 Å². The number of fused-ring (bicyclic) bond motifs is 2. The Morgan fingerprint density at radius 2 is 2.00 bits per heavy atom. The number of hydrogen-bond donors (Lipinski definition) is 1. The molecule has 1 aliphatic carbocycles. The summed E-state index contributed by atoms with van der Waals surface area (Å²) in [7, 11) is 0. The fourth-order valence-electron chi connectivity index (χ4n) is 4.47. The highest BCUT2D eigenvalue weighted by atomic mass is 19.1. The monoisotopic (exact) mass is 330 g/mol. The van der Waals surface area contributed by atoms with E-state index in [4.69, 9.17) is 0 Å². The number of allylic oxidation sites excluding steroid dienone is 2. The Morgan fingerprint density at radius 3 is 2.71 bits per heavy atom. The summed E-state index contributed by atoms with van der Waals surface area (Å²) < 4.78 is 13.6. The van der Waals surface area contributed by atoms with Gasteiger partial charge < -0.3 is 10.2 Å². The molecule has 0 saturated carbocycles. The van der Waals surface area contributed by atoms with E-state index >= 15 is 0 Å². The third kappa shape index (κ3) is 3.51. The molecule has 1 saturated heterocycles. The number of hydrogen-bond acceptors (Lipinski definition) is 2. The third-order valence-corrected chi connectivity index (χ3v) is 5.88. The summed E-state index contributed by atoms with van der Waals surface area (Å²) in [6.07, 6.45) is 10.8. The highest BCUT2D eigenvalue weighted by Gasteiger charge is 2.41. The number of benzene rings is 1. The minimum atomic E-state index is -0.0988. The minimum Gasteiger partial charge on any atom is -0.384 e. The average molecular weight is 330 g/mol. The van der Waals surface area contributed by atoms with Gasteiger partial charge in [-0.1, -0.05) is 26.0 Å². The maximum Gasteiger partial charge on any atom is 0.123 e. The first-order valence-electron chi connectivity index (χ1n) is 9.66. The third-order valence-electron chi connectivity index (χ3n) is 5.88. The van der Waals surface area contributed by atoms with Crippen molar-refractivity contribution in [3.63, 3.8) is 0 Å². The summed E-state index contributed by atoms with van der Waals surface area (Å²) in [5, 5.41) is 3.49. The van der Waals surface area contributed by atoms with E-state index in [-0.39, 0.29) is 11.2 Å². The molecule has 1 spiro atoms. The first-order chi connectivity index (χ1) is 11.8. The van der Waals surface area contributed by atoms with E-state index in [1.807, 2.05) is 19.9 Å². The number of nitrogens with one attached hydrogen (secondary N) is 1. The van der Waals surface area contributed by atoms with Gasteiger partial charge in [-0.25, -0.2) is 4.39 Å². The summed E-state index contributed by atoms with van der Waals surface area (Å²) >= 11 is 0. The molecule has 0 bridgehead atoms. The van der Waals surface area contributed by atoms with Gasteiger partial charge in [-0.3, -0.25) is 0 Å². The van der Waals surface area contributed by atoms with Crippen LogP contribution in [0, 0.1) is 11.7 Å². The lowest BCUT2D eigenvalue weighted by atomic mass is 9.74. The van der Waals surface area contributed by atoms with Crippen LogP contribution in [0.15, 0.2) is 30.4 Å². The van der Waals surface area contributed by atoms with Gasteiger partial charge in [0.1, 0.15) is 5.82 Å². The van der Waals surface area contributed by atoms with Gasteiger partial charge >= 0.3 is 0 Å². The Hall–Kier alpha value is -1.35. The zero-order valence-electron chi connectivity index (χ0n) is 15.2. The fourth-order valence-corrected chi connectivity index (χ4v) is 4.47. The van der Waals surface area contributed by atoms with E-state index in [1.165, 1.54) is 31.4 Å². The van der Waals surface area contributed by atoms with Crippen LogP contribution < -0.4 is 5.32 Å². The number of nitrogens with zero attached hydrogens (tertiary/aromatic N) is 1. The smallest absolute Gasteiger partial charge is 0.123 e. The molecule has 24 heavy (non-hydrogen) atoms. The number of rotatable bonds is 2. The first kappa shape index (κ1) is 17.5. The lowest BCUT2D eigenvalue weighted by molar-refractivity contribution is 0.144. The molecule has 3 heteroatoms. The molecule has 1 unspecified atom stereocenters. The van der Waals surface area contributed by atoms with Crippen LogP contribution in [0.25, 0.3) is 0 Å². The van der Waals surface area contributed by atoms with Crippen LogP contribution in [0.1, 0.15) is 51.5 Å². The maximum absolute atomic E-state index is 13.6. The lowest BCUT2D eigenvalue weighted by Crippen LogP contribution is -2.45. The molecule has 1 aromatic rings. The zero-order valence-corrected chi connectivity index (χ0v) is 15.2. The summed E-state index contributed by atoms with van der Waals surface area (Å²) in [5.41, 5.74) is 2.53. The summed E-state index contributed by atoms with van der Waals surface area (Å²) in [5.74, 6) is 0.740. The molecular weight excluding hydrogens is 299 g/mol. The molecular formula is C21H31FN2. The van der Waals surface area contributed by atoms with Crippen molar-refractivity contribution < 1.29 is 4.39 Å². The molecule has 1 fully saturated rings. The second-order valence-electron chi connectivity index (χ2n) is 7.27. The second-order valence-corrected chi connectivity index (χ2v) is 7.27. The second kappa shape index (κ2) is 7.69. The Morgan fingerprint density at radius 1 is 1.21 bits per heavy atom. The van der Waals surface area contributed by atoms with Crippen molar-refractivity contribution in [2.24, 2.45) is 5.92 Å². The standard InChI is InChI=1S/C19H25FN2.C2H6/c20-16-6-7-18-17(12-16)19(14-21-18)8-10-22(11-9-19)13-15-4-2-1-3-5-15;1-2/h1-2,6-7,12,15,21H,3-5,8-11,13-14H2;1-2H3. The molecule has 0 amide bonds. The predicted molar refractivity (Wildman–Crippen MR) is 100 cm³/mol. The molecule has 2 heterocycles. The molecule has 2 aliphatic heterocycles. The Balaban J connectivity index is 0.000000815. The molecule has 132 valence electrons. The number of piperidine rings is 1. The number of anilines is 1. The van der Waals surface area contributed by atoms with E-state index < -0.39 is 0 Å². The van der Waals surface area contributed by atoms with E-state index in [0.717, 1.165) is 44.1 Å². The van der Waals surface area contributed by atoms with Crippen LogP contribution in [0.2, 0.25) is 0 Å². The molecule has 0 aromatic heterocycles. The number of likely N-dealkylation sites (tertiary alicyclic amines) is 1. The molecule has 1 atom stereocenters. The Kier molecular flexibility index (Phi) is 5.60. The number of halogens is 1. The van der Waals surface area contributed by atoms with Crippen LogP contribution in [-0.2, 0) is 5.41 Å². The molecule has 0 radical (unpaired) electrons. The van der Waals surface area contributed by atoms with Crippen molar-refractivity contribution in [1.82, 2.24) is 4.90 Å². The highest BCUT2D eigenvalue weighted by Crippen LogP contribution is 2.44. The fraction of sp³-hybridized carbons (Fsp3) is 0.619. The summed E-state index contributed by atoms with van der Waals surface area (Å²) in [6, 6.07) is 5.23. The van der Waals surface area contributed by atoms with Gasteiger partial charge in [0.25, 0.3) is 0 Å². The normalized spacial score (nSPS) is 24.9. The van der Waals surface area contributed by atoms with Gasteiger partial charge in [-0.05, 0) is 74.9 Å². The van der Waals surface area contributed by atoms with Gasteiger partial charge in [-0.2, -0.15) is 0 Å². The van der Waals surface area contributed by atoms with Crippen molar-refractivity contribution >= 4 is 5.69 Å². The zero-order chi connectivity index (χ0) is 17.0. The van der Waals surface area contributed by atoms with Crippen molar-refractivity contribution in [3.8, 4) is 0 Å². The first-order valence-corrected chi connectivity index (χ1v) is 9.66. The molecule has 2 nitrogen and oxygen atoms in total. The van der Waals surface area contributed by atoms with Crippen LogP contribution in [0.5, 0.6) is 0 Å². The largest absolute Gasteiger partial charge is 0.384 e. The topological polar surface area (TPSA) is 15.3 Å². The van der Waals surface area contributed by atoms with Gasteiger partial charge in [0.05, 0.1) is 0 Å². The summed E-state index contributed by atoms with van der Waals surface area (Å²) in [6.45, 7) is 8.52. The van der Waals surface area contributed by atoms with Crippen LogP contribution in [-0.4, -0.2) is 31.1 Å². The van der Waals surface area contributed by atoms with Crippen LogP contribution in [0.3, 0.4) is 0 Å². The van der Waals surface area contributed by atoms with Crippen molar-refractivity contribution in [1.29, 1.82) is 0 Å². The van der Waals surface area contributed by atoms with Crippen molar-refractivity contribution in [2.45, 2.75) is 51.4 Å². The predicted octanol–water partition coefficient (Wildman–Crippen LogP) is 4.97. The average Bonchev–Trinajstić information content (AvgIpc) is 2.98. The van der Waals surface area contributed by atoms with E-state index in [9.17, 15) is 4.39 Å². The van der Waals surface area contributed by atoms with Crippen LogP contribution in [0.4, 0.5) is 10.1 Å². The van der Waals surface area contributed by atoms with E-state index in [2.05, 4.69) is 22.4 Å². The van der Waals surface area contributed by atoms with Crippen molar-refractivity contribution in [2.75, 3.05) is 31.5 Å². The van der Waals surface area contributed by atoms with Gasteiger partial charge in [0.15, 0.2) is 0 Å². The van der Waals surface area contributed by atoms with E-state index in [0.29, 0.717) is 0 Å². The highest BCUT2D eigenvalue weighted by molar-refractivity contribution is 5.60. The molecule has 1 N–H and O–H groups in total. The van der Waals surface area contributed by atoms with Gasteiger partial charge in [-0.15, -0.1) is 0 Å². The Bertz CT molecular complexity index is 573.